The van der Waals surface area contributed by atoms with Crippen LogP contribution in [-0.4, -0.2) is 18.6 Å². The molecule has 2 aliphatic rings. The number of fused-ring (bicyclic) bond motifs is 1. The Morgan fingerprint density at radius 2 is 1.90 bits per heavy atom. The Labute approximate surface area is 184 Å². The molecule has 2 atom stereocenters. The highest BCUT2D eigenvalue weighted by Crippen LogP contribution is 2.42. The first kappa shape index (κ1) is 19.6. The lowest BCUT2D eigenvalue weighted by molar-refractivity contribution is -0.125. The van der Waals surface area contributed by atoms with Gasteiger partial charge in [-0.1, -0.05) is 23.8 Å². The Bertz CT molecular complexity index is 1110. The second-order valence-corrected chi connectivity index (χ2v) is 8.74. The first-order chi connectivity index (χ1) is 15.1. The highest BCUT2D eigenvalue weighted by molar-refractivity contribution is 7.10. The van der Waals surface area contributed by atoms with Crippen LogP contribution in [0.4, 0.5) is 11.4 Å². The fourth-order valence-corrected chi connectivity index (χ4v) is 5.05. The fraction of sp³-hybridized carbons (Fsp3) is 0.250. The molecule has 2 aliphatic heterocycles. The van der Waals surface area contributed by atoms with Crippen molar-refractivity contribution >= 4 is 34.5 Å². The van der Waals surface area contributed by atoms with Crippen LogP contribution in [0.3, 0.4) is 0 Å². The lowest BCUT2D eigenvalue weighted by Crippen LogP contribution is -2.46. The van der Waals surface area contributed by atoms with Gasteiger partial charge in [-0.05, 0) is 49.1 Å². The summed E-state index contributed by atoms with van der Waals surface area (Å²) >= 11 is 1.57. The molecule has 2 unspecified atom stereocenters. The molecule has 0 radical (unpaired) electrons. The van der Waals surface area contributed by atoms with Crippen LogP contribution in [0, 0.1) is 12.8 Å². The first-order valence-electron chi connectivity index (χ1n) is 10.2. The summed E-state index contributed by atoms with van der Waals surface area (Å²) in [5.41, 5.74) is 2.59. The summed E-state index contributed by atoms with van der Waals surface area (Å²) in [6.45, 7) is 2.20. The molecule has 0 spiro atoms. The highest BCUT2D eigenvalue weighted by atomic mass is 32.1. The van der Waals surface area contributed by atoms with E-state index in [1.54, 1.807) is 34.4 Å². The third-order valence-corrected chi connectivity index (χ3v) is 6.66. The Morgan fingerprint density at radius 1 is 1.10 bits per heavy atom. The third kappa shape index (κ3) is 3.77. The third-order valence-electron chi connectivity index (χ3n) is 5.72. The van der Waals surface area contributed by atoms with Gasteiger partial charge in [-0.25, -0.2) is 0 Å². The van der Waals surface area contributed by atoms with Crippen LogP contribution in [0.1, 0.15) is 29.3 Å². The van der Waals surface area contributed by atoms with Crippen molar-refractivity contribution in [2.45, 2.75) is 25.8 Å². The van der Waals surface area contributed by atoms with E-state index in [1.807, 2.05) is 48.7 Å². The van der Waals surface area contributed by atoms with Gasteiger partial charge in [-0.2, -0.15) is 0 Å². The normalized spacial score (nSPS) is 20.0. The molecule has 3 aromatic rings. The van der Waals surface area contributed by atoms with Gasteiger partial charge in [0.2, 0.25) is 18.6 Å². The Balaban J connectivity index is 1.47. The molecule has 1 aromatic heterocycles. The average Bonchev–Trinajstić information content (AvgIpc) is 3.46. The topological polar surface area (TPSA) is 67.9 Å². The molecule has 2 aromatic carbocycles. The van der Waals surface area contributed by atoms with Gasteiger partial charge in [0.05, 0.1) is 12.0 Å². The standard InChI is InChI=1S/C24H22N2O4S/c1-15-4-7-17(8-5-15)26-22(27)11-9-18(23(26)21-3-2-12-31-21)24(28)25-16-6-10-19-20(13-16)30-14-29-19/h2-8,10,12-13,18,23H,9,11,14H2,1H3,(H,25,28). The predicted octanol–water partition coefficient (Wildman–Crippen LogP) is 4.91. The number of benzene rings is 2. The van der Waals surface area contributed by atoms with E-state index in [9.17, 15) is 9.59 Å². The summed E-state index contributed by atoms with van der Waals surface area (Å²) in [5.74, 6) is 0.843. The largest absolute Gasteiger partial charge is 0.454 e. The molecule has 0 bridgehead atoms. The molecule has 7 heteroatoms. The molecule has 1 N–H and O–H groups in total. The zero-order valence-corrected chi connectivity index (χ0v) is 17.9. The predicted molar refractivity (Wildman–Crippen MR) is 120 cm³/mol. The maximum Gasteiger partial charge on any atom is 0.231 e. The number of ether oxygens (including phenoxy) is 2. The second kappa shape index (κ2) is 8.07. The van der Waals surface area contributed by atoms with Crippen molar-refractivity contribution in [3.63, 3.8) is 0 Å². The van der Waals surface area contributed by atoms with E-state index in [4.69, 9.17) is 9.47 Å². The number of nitrogens with zero attached hydrogens (tertiary/aromatic N) is 1. The number of carbonyl (C=O) groups is 2. The van der Waals surface area contributed by atoms with Crippen molar-refractivity contribution in [3.05, 3.63) is 70.4 Å². The van der Waals surface area contributed by atoms with Crippen LogP contribution in [0.25, 0.3) is 0 Å². The maximum absolute atomic E-state index is 13.4. The van der Waals surface area contributed by atoms with Gasteiger partial charge in [0.1, 0.15) is 0 Å². The zero-order chi connectivity index (χ0) is 21.4. The number of nitrogens with one attached hydrogen (secondary N) is 1. The summed E-state index contributed by atoms with van der Waals surface area (Å²) in [5, 5.41) is 5.00. The van der Waals surface area contributed by atoms with Gasteiger partial charge in [-0.3, -0.25) is 9.59 Å². The summed E-state index contributed by atoms with van der Waals surface area (Å²) in [6.07, 6.45) is 0.828. The van der Waals surface area contributed by atoms with Crippen molar-refractivity contribution in [3.8, 4) is 11.5 Å². The van der Waals surface area contributed by atoms with Crippen molar-refractivity contribution in [1.82, 2.24) is 0 Å². The van der Waals surface area contributed by atoms with Crippen LogP contribution in [-0.2, 0) is 9.59 Å². The number of hydrogen-bond donors (Lipinski definition) is 1. The molecule has 0 saturated carbocycles. The van der Waals surface area contributed by atoms with E-state index in [-0.39, 0.29) is 30.6 Å². The quantitative estimate of drug-likeness (QED) is 0.634. The molecule has 2 amide bonds. The molecule has 5 rings (SSSR count). The number of aryl methyl sites for hydroxylation is 1. The Hall–Kier alpha value is -3.32. The minimum Gasteiger partial charge on any atom is -0.454 e. The number of carbonyl (C=O) groups excluding carboxylic acids is 2. The van der Waals surface area contributed by atoms with E-state index in [0.717, 1.165) is 16.1 Å². The van der Waals surface area contributed by atoms with Crippen LogP contribution < -0.4 is 19.7 Å². The number of amides is 2. The fourth-order valence-electron chi connectivity index (χ4n) is 4.17. The Morgan fingerprint density at radius 3 is 2.68 bits per heavy atom. The van der Waals surface area contributed by atoms with Gasteiger partial charge >= 0.3 is 0 Å². The highest BCUT2D eigenvalue weighted by Gasteiger charge is 2.42. The number of hydrogen-bond acceptors (Lipinski definition) is 5. The molecule has 0 aliphatic carbocycles. The monoisotopic (exact) mass is 434 g/mol. The molecule has 6 nitrogen and oxygen atoms in total. The van der Waals surface area contributed by atoms with Gasteiger partial charge in [0, 0.05) is 28.7 Å². The van der Waals surface area contributed by atoms with E-state index < -0.39 is 0 Å². The minimum atomic E-state index is -0.372. The molecule has 1 fully saturated rings. The Kier molecular flexibility index (Phi) is 5.11. The SMILES string of the molecule is Cc1ccc(N2C(=O)CCC(C(=O)Nc3ccc4c(c3)OCO4)C2c2cccs2)cc1. The molecule has 31 heavy (non-hydrogen) atoms. The summed E-state index contributed by atoms with van der Waals surface area (Å²) in [6, 6.07) is 16.8. The first-order valence-corrected chi connectivity index (χ1v) is 11.1. The van der Waals surface area contributed by atoms with Crippen LogP contribution in [0.15, 0.2) is 60.0 Å². The molecule has 158 valence electrons. The van der Waals surface area contributed by atoms with Gasteiger partial charge in [-0.15, -0.1) is 11.3 Å². The molecule has 3 heterocycles. The van der Waals surface area contributed by atoms with Gasteiger partial charge in [0.15, 0.2) is 11.5 Å². The number of thiophene rings is 1. The van der Waals surface area contributed by atoms with Crippen LogP contribution >= 0.6 is 11.3 Å². The van der Waals surface area contributed by atoms with Crippen molar-refractivity contribution in [2.24, 2.45) is 5.92 Å². The molecular formula is C24H22N2O4S. The van der Waals surface area contributed by atoms with E-state index in [2.05, 4.69) is 5.32 Å². The lowest BCUT2D eigenvalue weighted by Gasteiger charge is -2.40. The van der Waals surface area contributed by atoms with Crippen LogP contribution in [0.2, 0.25) is 0 Å². The van der Waals surface area contributed by atoms with Crippen LogP contribution in [0.5, 0.6) is 11.5 Å². The smallest absolute Gasteiger partial charge is 0.231 e. The minimum absolute atomic E-state index is 0.0365. The van der Waals surface area contributed by atoms with E-state index in [1.165, 1.54) is 0 Å². The summed E-state index contributed by atoms with van der Waals surface area (Å²) in [4.78, 5) is 29.2. The van der Waals surface area contributed by atoms with Crippen molar-refractivity contribution in [1.29, 1.82) is 0 Å². The van der Waals surface area contributed by atoms with E-state index >= 15 is 0 Å². The maximum atomic E-state index is 13.4. The molecular weight excluding hydrogens is 412 g/mol. The average molecular weight is 435 g/mol. The van der Waals surface area contributed by atoms with Gasteiger partial charge < -0.3 is 19.7 Å². The van der Waals surface area contributed by atoms with E-state index in [0.29, 0.717) is 30.0 Å². The number of rotatable bonds is 4. The summed E-state index contributed by atoms with van der Waals surface area (Å²) < 4.78 is 10.8. The van der Waals surface area contributed by atoms with Crippen molar-refractivity contribution in [2.75, 3.05) is 17.0 Å². The van der Waals surface area contributed by atoms with Gasteiger partial charge in [0.25, 0.3) is 0 Å². The zero-order valence-electron chi connectivity index (χ0n) is 17.0. The number of piperidine rings is 1. The summed E-state index contributed by atoms with van der Waals surface area (Å²) in [7, 11) is 0. The lowest BCUT2D eigenvalue weighted by atomic mass is 9.86. The molecule has 1 saturated heterocycles. The van der Waals surface area contributed by atoms with Crippen molar-refractivity contribution < 1.29 is 19.1 Å². The second-order valence-electron chi connectivity index (χ2n) is 7.76. The number of anilines is 2.